The molecule has 10 heteroatoms. The summed E-state index contributed by atoms with van der Waals surface area (Å²) in [5, 5.41) is 17.8. The Balaban J connectivity index is 1.54. The summed E-state index contributed by atoms with van der Waals surface area (Å²) in [6, 6.07) is 3.84. The van der Waals surface area contributed by atoms with Crippen LogP contribution in [0.5, 0.6) is 5.88 Å². The number of carbonyl (C=O) groups excluding carboxylic acids is 2. The minimum atomic E-state index is -0.604. The number of hydrogen-bond acceptors (Lipinski definition) is 6. The van der Waals surface area contributed by atoms with Gasteiger partial charge in [0.05, 0.1) is 6.20 Å². The summed E-state index contributed by atoms with van der Waals surface area (Å²) in [4.78, 5) is 44.8. The van der Waals surface area contributed by atoms with Gasteiger partial charge in [0, 0.05) is 37.0 Å². The number of carbonyl (C=O) groups is 2. The van der Waals surface area contributed by atoms with E-state index in [1.54, 1.807) is 17.2 Å². The molecule has 1 saturated carbocycles. The molecule has 0 atom stereocenters. The number of fused-ring (bicyclic) bond motifs is 2. The number of nitrogens with zero attached hydrogens (tertiary/aromatic N) is 5. The van der Waals surface area contributed by atoms with Crippen molar-refractivity contribution in [3.05, 3.63) is 57.6 Å². The van der Waals surface area contributed by atoms with Crippen molar-refractivity contribution in [3.63, 3.8) is 0 Å². The van der Waals surface area contributed by atoms with Crippen molar-refractivity contribution in [1.82, 2.24) is 24.5 Å². The molecule has 4 heterocycles. The summed E-state index contributed by atoms with van der Waals surface area (Å²) in [7, 11) is 0. The average Bonchev–Trinajstić information content (AvgIpc) is 3.34. The molecule has 1 aliphatic carbocycles. The molecule has 0 unspecified atom stereocenters. The Hall–Kier alpha value is -3.95. The monoisotopic (exact) mass is 462 g/mol. The molecule has 0 bridgehead atoms. The first-order valence-electron chi connectivity index (χ1n) is 11.4. The second-order valence-electron chi connectivity index (χ2n) is 9.15. The van der Waals surface area contributed by atoms with Crippen molar-refractivity contribution < 1.29 is 14.7 Å². The predicted molar refractivity (Wildman–Crippen MR) is 126 cm³/mol. The van der Waals surface area contributed by atoms with Crippen LogP contribution in [0.2, 0.25) is 0 Å². The molecular weight excluding hydrogens is 436 g/mol. The van der Waals surface area contributed by atoms with E-state index in [4.69, 9.17) is 0 Å². The van der Waals surface area contributed by atoms with E-state index in [0.717, 1.165) is 24.8 Å². The van der Waals surface area contributed by atoms with Crippen molar-refractivity contribution in [2.75, 3.05) is 11.4 Å². The second-order valence-corrected chi connectivity index (χ2v) is 9.15. The predicted octanol–water partition coefficient (Wildman–Crippen LogP) is 1.75. The van der Waals surface area contributed by atoms with Gasteiger partial charge in [-0.3, -0.25) is 23.9 Å². The van der Waals surface area contributed by atoms with Gasteiger partial charge in [-0.25, -0.2) is 4.98 Å². The molecular formula is C24H26N6O4. The van der Waals surface area contributed by atoms with Crippen LogP contribution in [0.15, 0.2) is 35.4 Å². The number of anilines is 1. The van der Waals surface area contributed by atoms with Crippen molar-refractivity contribution in [1.29, 1.82) is 0 Å². The quantitative estimate of drug-likeness (QED) is 0.538. The van der Waals surface area contributed by atoms with Crippen molar-refractivity contribution in [3.8, 4) is 5.88 Å². The number of rotatable bonds is 6. The lowest BCUT2D eigenvalue weighted by atomic mass is 10.2. The molecule has 0 aromatic carbocycles. The van der Waals surface area contributed by atoms with Crippen LogP contribution in [-0.2, 0) is 17.8 Å². The van der Waals surface area contributed by atoms with E-state index < -0.39 is 17.3 Å². The normalized spacial score (nSPS) is 15.4. The minimum Gasteiger partial charge on any atom is -0.492 e. The third-order valence-corrected chi connectivity index (χ3v) is 6.00. The van der Waals surface area contributed by atoms with Crippen LogP contribution in [0.4, 0.5) is 5.82 Å². The van der Waals surface area contributed by atoms with E-state index in [1.165, 1.54) is 21.4 Å². The van der Waals surface area contributed by atoms with Crippen molar-refractivity contribution in [2.45, 2.75) is 45.7 Å². The highest BCUT2D eigenvalue weighted by molar-refractivity contribution is 6.05. The van der Waals surface area contributed by atoms with Gasteiger partial charge in [0.25, 0.3) is 17.4 Å². The molecule has 34 heavy (non-hydrogen) atoms. The smallest absolute Gasteiger partial charge is 0.270 e. The van der Waals surface area contributed by atoms with Gasteiger partial charge in [0.15, 0.2) is 5.56 Å². The summed E-state index contributed by atoms with van der Waals surface area (Å²) in [6.07, 6.45) is 8.57. The summed E-state index contributed by atoms with van der Waals surface area (Å²) in [5.74, 6) is -0.614. The zero-order chi connectivity index (χ0) is 24.0. The van der Waals surface area contributed by atoms with Crippen molar-refractivity contribution >= 4 is 29.4 Å². The SMILES string of the molecule is CC(C)Cn1c(=O)c(C(=O)NC2CC2)c(O)n2ncc(/C=C/C(=O)N3CCc4cccnc43)c12. The lowest BCUT2D eigenvalue weighted by Crippen LogP contribution is -2.36. The molecule has 0 spiro atoms. The lowest BCUT2D eigenvalue weighted by molar-refractivity contribution is -0.114. The van der Waals surface area contributed by atoms with Crippen LogP contribution in [0.25, 0.3) is 11.7 Å². The first-order valence-corrected chi connectivity index (χ1v) is 11.4. The molecule has 10 nitrogen and oxygen atoms in total. The third kappa shape index (κ3) is 3.85. The van der Waals surface area contributed by atoms with Gasteiger partial charge in [-0.05, 0) is 42.9 Å². The van der Waals surface area contributed by atoms with E-state index in [0.29, 0.717) is 30.1 Å². The molecule has 3 aromatic heterocycles. The Morgan fingerprint density at radius 2 is 2.12 bits per heavy atom. The number of amides is 2. The van der Waals surface area contributed by atoms with Crippen LogP contribution in [0.3, 0.4) is 0 Å². The summed E-state index contributed by atoms with van der Waals surface area (Å²) < 4.78 is 2.62. The van der Waals surface area contributed by atoms with Gasteiger partial charge in [0.2, 0.25) is 5.88 Å². The van der Waals surface area contributed by atoms with Crippen LogP contribution < -0.4 is 15.8 Å². The van der Waals surface area contributed by atoms with Gasteiger partial charge in [-0.15, -0.1) is 0 Å². The topological polar surface area (TPSA) is 122 Å². The Morgan fingerprint density at radius 1 is 1.32 bits per heavy atom. The number of pyridine rings is 1. The van der Waals surface area contributed by atoms with E-state index in [2.05, 4.69) is 15.4 Å². The Morgan fingerprint density at radius 3 is 2.85 bits per heavy atom. The molecule has 5 rings (SSSR count). The molecule has 2 N–H and O–H groups in total. The maximum atomic E-state index is 13.3. The molecule has 0 radical (unpaired) electrons. The zero-order valence-corrected chi connectivity index (χ0v) is 19.1. The Labute approximate surface area is 195 Å². The maximum absolute atomic E-state index is 13.3. The van der Waals surface area contributed by atoms with Gasteiger partial charge in [-0.2, -0.15) is 9.61 Å². The molecule has 0 saturated heterocycles. The number of aromatic hydroxyl groups is 1. The summed E-state index contributed by atoms with van der Waals surface area (Å²) >= 11 is 0. The van der Waals surface area contributed by atoms with Crippen molar-refractivity contribution in [2.24, 2.45) is 5.92 Å². The van der Waals surface area contributed by atoms with Crippen LogP contribution in [0, 0.1) is 5.92 Å². The Bertz CT molecular complexity index is 1380. The molecule has 1 fully saturated rings. The van der Waals surface area contributed by atoms with Gasteiger partial charge < -0.3 is 10.4 Å². The summed E-state index contributed by atoms with van der Waals surface area (Å²) in [5.41, 5.74) is 0.914. The van der Waals surface area contributed by atoms with Crippen LogP contribution in [0.1, 0.15) is 48.2 Å². The highest BCUT2D eigenvalue weighted by atomic mass is 16.3. The molecule has 1 aliphatic heterocycles. The number of aromatic nitrogens is 4. The zero-order valence-electron chi connectivity index (χ0n) is 19.1. The van der Waals surface area contributed by atoms with E-state index in [-0.39, 0.29) is 23.4 Å². The minimum absolute atomic E-state index is 0.0351. The first-order chi connectivity index (χ1) is 16.3. The van der Waals surface area contributed by atoms with Crippen LogP contribution in [-0.4, -0.2) is 48.7 Å². The fourth-order valence-corrected chi connectivity index (χ4v) is 4.22. The lowest BCUT2D eigenvalue weighted by Gasteiger charge is -2.15. The average molecular weight is 463 g/mol. The highest BCUT2D eigenvalue weighted by Gasteiger charge is 2.30. The molecule has 2 aliphatic rings. The largest absolute Gasteiger partial charge is 0.492 e. The standard InChI is InChI=1S/C24H26N6O4/c1-14(2)13-29-22-16(5-8-18(31)28-11-9-15-4-3-10-25-20(15)28)12-26-30(22)24(34)19(23(29)33)21(32)27-17-6-7-17/h3-5,8,10,12,14,17,34H,6-7,9,11,13H2,1-2H3,(H,27,32)/b8-5+. The maximum Gasteiger partial charge on any atom is 0.270 e. The molecule has 176 valence electrons. The fourth-order valence-electron chi connectivity index (χ4n) is 4.22. The third-order valence-electron chi connectivity index (χ3n) is 6.00. The van der Waals surface area contributed by atoms with Crippen LogP contribution >= 0.6 is 0 Å². The number of nitrogens with one attached hydrogen (secondary N) is 1. The second kappa shape index (κ2) is 8.44. The number of hydrogen-bond donors (Lipinski definition) is 2. The fraction of sp³-hybridized carbons (Fsp3) is 0.375. The van der Waals surface area contributed by atoms with E-state index in [9.17, 15) is 19.5 Å². The molecule has 3 aromatic rings. The van der Waals surface area contributed by atoms with E-state index in [1.807, 2.05) is 26.0 Å². The Kier molecular flexibility index (Phi) is 5.43. The van der Waals surface area contributed by atoms with E-state index >= 15 is 0 Å². The molecule has 2 amide bonds. The van der Waals surface area contributed by atoms with Gasteiger partial charge >= 0.3 is 0 Å². The summed E-state index contributed by atoms with van der Waals surface area (Å²) in [6.45, 7) is 4.76. The van der Waals surface area contributed by atoms with Gasteiger partial charge in [-0.1, -0.05) is 19.9 Å². The first kappa shape index (κ1) is 21.9. The van der Waals surface area contributed by atoms with Gasteiger partial charge in [0.1, 0.15) is 11.5 Å². The highest BCUT2D eigenvalue weighted by Crippen LogP contribution is 2.26.